The van der Waals surface area contributed by atoms with Crippen molar-refractivity contribution in [1.82, 2.24) is 15.1 Å². The van der Waals surface area contributed by atoms with Gasteiger partial charge in [0, 0.05) is 32.7 Å². The van der Waals surface area contributed by atoms with Gasteiger partial charge in [-0.25, -0.2) is 0 Å². The van der Waals surface area contributed by atoms with E-state index in [4.69, 9.17) is 0 Å². The van der Waals surface area contributed by atoms with E-state index in [1.807, 2.05) is 11.9 Å². The monoisotopic (exact) mass is 247 g/mol. The fraction of sp³-hybridized carbons (Fsp3) is 0.909. The molecule has 0 radical (unpaired) electrons. The number of halogens is 1. The molecule has 0 aromatic rings. The van der Waals surface area contributed by atoms with E-state index < -0.39 is 0 Å². The van der Waals surface area contributed by atoms with Crippen molar-refractivity contribution >= 4 is 18.3 Å². The Bertz CT molecular complexity index is 225. The quantitative estimate of drug-likeness (QED) is 0.770. The molecule has 1 saturated heterocycles. The standard InChI is InChI=1S/C11H21N3O.ClH/c1-12-8-11(15)14-6-4-13(5-7-14)9-10-2-3-10;/h10,12H,2-9H2,1H3;1H. The van der Waals surface area contributed by atoms with Crippen LogP contribution in [0.15, 0.2) is 0 Å². The summed E-state index contributed by atoms with van der Waals surface area (Å²) < 4.78 is 0. The zero-order valence-electron chi connectivity index (χ0n) is 9.95. The summed E-state index contributed by atoms with van der Waals surface area (Å²) >= 11 is 0. The fourth-order valence-corrected chi connectivity index (χ4v) is 2.11. The van der Waals surface area contributed by atoms with Gasteiger partial charge in [-0.05, 0) is 25.8 Å². The van der Waals surface area contributed by atoms with Gasteiger partial charge in [0.15, 0.2) is 0 Å². The maximum Gasteiger partial charge on any atom is 0.236 e. The number of carbonyl (C=O) groups excluding carboxylic acids is 1. The summed E-state index contributed by atoms with van der Waals surface area (Å²) in [6, 6.07) is 0. The summed E-state index contributed by atoms with van der Waals surface area (Å²) in [5.41, 5.74) is 0. The smallest absolute Gasteiger partial charge is 0.236 e. The van der Waals surface area contributed by atoms with Crippen molar-refractivity contribution in [2.75, 3.05) is 46.3 Å². The van der Waals surface area contributed by atoms with Crippen molar-refractivity contribution in [1.29, 1.82) is 0 Å². The van der Waals surface area contributed by atoms with Crippen LogP contribution in [0.4, 0.5) is 0 Å². The minimum Gasteiger partial charge on any atom is -0.339 e. The van der Waals surface area contributed by atoms with Gasteiger partial charge in [-0.15, -0.1) is 12.4 Å². The van der Waals surface area contributed by atoms with Gasteiger partial charge in [0.1, 0.15) is 0 Å². The molecule has 1 saturated carbocycles. The number of carbonyl (C=O) groups is 1. The molecule has 1 N–H and O–H groups in total. The van der Waals surface area contributed by atoms with E-state index in [2.05, 4.69) is 10.2 Å². The molecule has 1 aliphatic heterocycles. The average molecular weight is 248 g/mol. The van der Waals surface area contributed by atoms with Crippen molar-refractivity contribution < 1.29 is 4.79 Å². The summed E-state index contributed by atoms with van der Waals surface area (Å²) in [5, 5.41) is 2.91. The van der Waals surface area contributed by atoms with Crippen molar-refractivity contribution in [2.24, 2.45) is 5.92 Å². The predicted molar refractivity (Wildman–Crippen MR) is 66.9 cm³/mol. The molecule has 1 aliphatic carbocycles. The average Bonchev–Trinajstić information content (AvgIpc) is 3.03. The summed E-state index contributed by atoms with van der Waals surface area (Å²) in [7, 11) is 1.82. The molecule has 0 bridgehead atoms. The van der Waals surface area contributed by atoms with Crippen LogP contribution in [-0.4, -0.2) is 62.0 Å². The van der Waals surface area contributed by atoms with Gasteiger partial charge in [0.2, 0.25) is 5.91 Å². The lowest BCUT2D eigenvalue weighted by molar-refractivity contribution is -0.131. The third-order valence-electron chi connectivity index (χ3n) is 3.27. The Balaban J connectivity index is 0.00000128. The lowest BCUT2D eigenvalue weighted by Crippen LogP contribution is -2.50. The highest BCUT2D eigenvalue weighted by atomic mass is 35.5. The number of likely N-dealkylation sites (N-methyl/N-ethyl adjacent to an activating group) is 1. The van der Waals surface area contributed by atoms with E-state index in [0.29, 0.717) is 6.54 Å². The first kappa shape index (κ1) is 13.7. The first-order chi connectivity index (χ1) is 7.29. The van der Waals surface area contributed by atoms with Gasteiger partial charge >= 0.3 is 0 Å². The van der Waals surface area contributed by atoms with E-state index in [9.17, 15) is 4.79 Å². The van der Waals surface area contributed by atoms with Crippen LogP contribution >= 0.6 is 12.4 Å². The van der Waals surface area contributed by atoms with E-state index in [1.54, 1.807) is 0 Å². The molecule has 0 aromatic carbocycles. The van der Waals surface area contributed by atoms with Gasteiger partial charge in [-0.3, -0.25) is 9.69 Å². The van der Waals surface area contributed by atoms with Crippen LogP contribution in [0, 0.1) is 5.92 Å². The van der Waals surface area contributed by atoms with Gasteiger partial charge < -0.3 is 10.2 Å². The molecule has 1 amide bonds. The Kier molecular flexibility index (Phi) is 5.52. The lowest BCUT2D eigenvalue weighted by Gasteiger charge is -2.34. The summed E-state index contributed by atoms with van der Waals surface area (Å²) in [6.07, 6.45) is 2.83. The van der Waals surface area contributed by atoms with Crippen LogP contribution in [0.3, 0.4) is 0 Å². The fourth-order valence-electron chi connectivity index (χ4n) is 2.11. The van der Waals surface area contributed by atoms with Crippen LogP contribution in [0.2, 0.25) is 0 Å². The van der Waals surface area contributed by atoms with Gasteiger partial charge in [-0.2, -0.15) is 0 Å². The molecule has 0 atom stereocenters. The molecular formula is C11H22ClN3O. The normalized spacial score (nSPS) is 21.7. The molecule has 0 aromatic heterocycles. The molecule has 2 fully saturated rings. The second-order valence-corrected chi connectivity index (χ2v) is 4.66. The van der Waals surface area contributed by atoms with E-state index in [-0.39, 0.29) is 18.3 Å². The van der Waals surface area contributed by atoms with Crippen molar-refractivity contribution in [2.45, 2.75) is 12.8 Å². The highest BCUT2D eigenvalue weighted by Gasteiger charge is 2.27. The third kappa shape index (κ3) is 3.92. The van der Waals surface area contributed by atoms with Gasteiger partial charge in [0.05, 0.1) is 6.54 Å². The first-order valence-corrected chi connectivity index (χ1v) is 5.94. The lowest BCUT2D eigenvalue weighted by atomic mass is 10.2. The summed E-state index contributed by atoms with van der Waals surface area (Å²) in [5.74, 6) is 1.20. The molecule has 1 heterocycles. The summed E-state index contributed by atoms with van der Waals surface area (Å²) in [4.78, 5) is 16.1. The Morgan fingerprint density at radius 3 is 2.38 bits per heavy atom. The number of piperazine rings is 1. The second kappa shape index (κ2) is 6.42. The van der Waals surface area contributed by atoms with Gasteiger partial charge in [0.25, 0.3) is 0 Å². The van der Waals surface area contributed by atoms with E-state index in [0.717, 1.165) is 32.1 Å². The third-order valence-corrected chi connectivity index (χ3v) is 3.27. The van der Waals surface area contributed by atoms with Crippen molar-refractivity contribution in [3.63, 3.8) is 0 Å². The number of nitrogens with one attached hydrogen (secondary N) is 1. The zero-order valence-corrected chi connectivity index (χ0v) is 10.8. The molecule has 0 unspecified atom stereocenters. The van der Waals surface area contributed by atoms with E-state index >= 15 is 0 Å². The molecule has 16 heavy (non-hydrogen) atoms. The Hall–Kier alpha value is -0.320. The highest BCUT2D eigenvalue weighted by Crippen LogP contribution is 2.29. The van der Waals surface area contributed by atoms with Crippen LogP contribution in [0.25, 0.3) is 0 Å². The molecule has 5 heteroatoms. The Morgan fingerprint density at radius 1 is 1.25 bits per heavy atom. The van der Waals surface area contributed by atoms with Crippen LogP contribution in [0.5, 0.6) is 0 Å². The number of nitrogens with zero attached hydrogens (tertiary/aromatic N) is 2. The molecular weight excluding hydrogens is 226 g/mol. The molecule has 0 spiro atoms. The number of hydrogen-bond donors (Lipinski definition) is 1. The van der Waals surface area contributed by atoms with Crippen LogP contribution in [-0.2, 0) is 4.79 Å². The second-order valence-electron chi connectivity index (χ2n) is 4.66. The maximum absolute atomic E-state index is 11.6. The van der Waals surface area contributed by atoms with Gasteiger partial charge in [-0.1, -0.05) is 0 Å². The number of rotatable bonds is 4. The topological polar surface area (TPSA) is 35.6 Å². The SMILES string of the molecule is CNCC(=O)N1CCN(CC2CC2)CC1.Cl. The Labute approximate surface area is 104 Å². The largest absolute Gasteiger partial charge is 0.339 e. The minimum absolute atomic E-state index is 0. The number of hydrogen-bond acceptors (Lipinski definition) is 3. The van der Waals surface area contributed by atoms with Crippen molar-refractivity contribution in [3.05, 3.63) is 0 Å². The predicted octanol–water partition coefficient (Wildman–Crippen LogP) is 0.182. The summed E-state index contributed by atoms with van der Waals surface area (Å²) in [6.45, 7) is 5.68. The van der Waals surface area contributed by atoms with Crippen molar-refractivity contribution in [3.8, 4) is 0 Å². The molecule has 2 rings (SSSR count). The van der Waals surface area contributed by atoms with Crippen LogP contribution in [0.1, 0.15) is 12.8 Å². The van der Waals surface area contributed by atoms with Crippen LogP contribution < -0.4 is 5.32 Å². The van der Waals surface area contributed by atoms with E-state index in [1.165, 1.54) is 19.4 Å². The highest BCUT2D eigenvalue weighted by molar-refractivity contribution is 5.85. The zero-order chi connectivity index (χ0) is 10.7. The molecule has 4 nitrogen and oxygen atoms in total. The maximum atomic E-state index is 11.6. The molecule has 94 valence electrons. The number of amides is 1. The first-order valence-electron chi connectivity index (χ1n) is 5.94. The minimum atomic E-state index is 0. The molecule has 2 aliphatic rings. The Morgan fingerprint density at radius 2 is 1.88 bits per heavy atom.